The van der Waals surface area contributed by atoms with Gasteiger partial charge in [0.05, 0.1) is 11.6 Å². The minimum Gasteiger partial charge on any atom is -0.475 e. The number of imidazole rings is 1. The van der Waals surface area contributed by atoms with Gasteiger partial charge >= 0.3 is 17.8 Å². The van der Waals surface area contributed by atoms with Gasteiger partial charge < -0.3 is 5.11 Å². The average molecular weight is 363 g/mol. The third-order valence-corrected chi connectivity index (χ3v) is 5.15. The summed E-state index contributed by atoms with van der Waals surface area (Å²) >= 11 is 0. The molecule has 0 spiro atoms. The molecule has 0 saturated heterocycles. The first kappa shape index (κ1) is 16.9. The number of hydrogen-bond donors (Lipinski definition) is 1. The number of carbonyl (C=O) groups is 1. The fraction of sp³-hybridized carbons (Fsp3) is 0.368. The van der Waals surface area contributed by atoms with Crippen LogP contribution < -0.4 is 4.57 Å². The molecule has 1 aromatic carbocycles. The van der Waals surface area contributed by atoms with Crippen LogP contribution in [0.4, 0.5) is 13.2 Å². The van der Waals surface area contributed by atoms with Gasteiger partial charge in [0.1, 0.15) is 6.04 Å². The van der Waals surface area contributed by atoms with Crippen LogP contribution in [-0.2, 0) is 0 Å². The Morgan fingerprint density at radius 1 is 1.12 bits per heavy atom. The first-order valence-corrected chi connectivity index (χ1v) is 8.67. The van der Waals surface area contributed by atoms with Crippen LogP contribution in [-0.4, -0.2) is 21.5 Å². The predicted molar refractivity (Wildman–Crippen MR) is 89.3 cm³/mol. The lowest BCUT2D eigenvalue weighted by Crippen LogP contribution is -2.40. The number of fused-ring (bicyclic) bond motifs is 3. The SMILES string of the molecule is O=C(c1c(O)[n+](C2CCCCC2)c2c3ccccc3ccn12)C(F)(F)F. The second-order valence-electron chi connectivity index (χ2n) is 6.76. The molecular weight excluding hydrogens is 345 g/mol. The molecule has 1 aliphatic carbocycles. The Morgan fingerprint density at radius 2 is 1.81 bits per heavy atom. The summed E-state index contributed by atoms with van der Waals surface area (Å²) in [5.41, 5.74) is -0.288. The Hall–Kier alpha value is -2.57. The zero-order valence-corrected chi connectivity index (χ0v) is 14.0. The van der Waals surface area contributed by atoms with Crippen LogP contribution in [0.15, 0.2) is 36.5 Å². The van der Waals surface area contributed by atoms with Gasteiger partial charge in [-0.15, -0.1) is 0 Å². The molecule has 4 nitrogen and oxygen atoms in total. The number of halogens is 3. The van der Waals surface area contributed by atoms with Crippen molar-refractivity contribution in [2.24, 2.45) is 0 Å². The van der Waals surface area contributed by atoms with E-state index in [2.05, 4.69) is 0 Å². The van der Waals surface area contributed by atoms with E-state index in [4.69, 9.17) is 0 Å². The van der Waals surface area contributed by atoms with Gasteiger partial charge in [-0.05, 0) is 43.2 Å². The van der Waals surface area contributed by atoms with E-state index >= 15 is 0 Å². The monoisotopic (exact) mass is 363 g/mol. The highest BCUT2D eigenvalue weighted by Gasteiger charge is 2.48. The number of hydrogen-bond acceptors (Lipinski definition) is 2. The third kappa shape index (κ3) is 2.53. The highest BCUT2D eigenvalue weighted by atomic mass is 19.4. The van der Waals surface area contributed by atoms with E-state index in [0.29, 0.717) is 11.0 Å². The molecule has 2 aromatic heterocycles. The number of rotatable bonds is 2. The second-order valence-corrected chi connectivity index (χ2v) is 6.76. The van der Waals surface area contributed by atoms with E-state index in [1.807, 2.05) is 12.1 Å². The summed E-state index contributed by atoms with van der Waals surface area (Å²) in [7, 11) is 0. The lowest BCUT2D eigenvalue weighted by Gasteiger charge is -2.19. The van der Waals surface area contributed by atoms with Gasteiger partial charge in [-0.25, -0.2) is 0 Å². The van der Waals surface area contributed by atoms with Crippen molar-refractivity contribution in [3.8, 4) is 5.88 Å². The molecule has 0 radical (unpaired) electrons. The molecule has 3 aromatic rings. The lowest BCUT2D eigenvalue weighted by molar-refractivity contribution is -0.705. The standard InChI is InChI=1S/C19H17F3N2O2/c20-19(21,22)16(25)15-18(26)24(13-7-2-1-3-8-13)17-14-9-5-4-6-12(14)10-11-23(15)17/h4-6,9-11,13H,1-3,7-8H2/p+1. The van der Waals surface area contributed by atoms with E-state index < -0.39 is 23.5 Å². The normalized spacial score (nSPS) is 16.4. The molecule has 1 fully saturated rings. The van der Waals surface area contributed by atoms with Gasteiger partial charge in [-0.3, -0.25) is 4.79 Å². The smallest absolute Gasteiger partial charge is 0.459 e. The van der Waals surface area contributed by atoms with Crippen LogP contribution >= 0.6 is 0 Å². The molecule has 1 aliphatic rings. The molecule has 0 amide bonds. The van der Waals surface area contributed by atoms with Crippen LogP contribution in [0.3, 0.4) is 0 Å². The van der Waals surface area contributed by atoms with E-state index in [-0.39, 0.29) is 6.04 Å². The maximum Gasteiger partial charge on any atom is 0.459 e. The largest absolute Gasteiger partial charge is 0.475 e. The second kappa shape index (κ2) is 6.00. The summed E-state index contributed by atoms with van der Waals surface area (Å²) in [6.07, 6.45) is 0.862. The van der Waals surface area contributed by atoms with E-state index in [1.54, 1.807) is 18.2 Å². The topological polar surface area (TPSA) is 45.6 Å². The van der Waals surface area contributed by atoms with Gasteiger partial charge in [-0.1, -0.05) is 24.6 Å². The molecule has 0 aliphatic heterocycles. The van der Waals surface area contributed by atoms with Crippen molar-refractivity contribution in [3.05, 3.63) is 42.2 Å². The fourth-order valence-electron chi connectivity index (χ4n) is 3.98. The summed E-state index contributed by atoms with van der Waals surface area (Å²) in [6.45, 7) is 0. The van der Waals surface area contributed by atoms with Crippen molar-refractivity contribution in [1.82, 2.24) is 4.40 Å². The van der Waals surface area contributed by atoms with Gasteiger partial charge in [0.15, 0.2) is 0 Å². The fourth-order valence-corrected chi connectivity index (χ4v) is 3.98. The van der Waals surface area contributed by atoms with Crippen LogP contribution in [0.5, 0.6) is 5.88 Å². The Morgan fingerprint density at radius 3 is 2.50 bits per heavy atom. The number of benzene rings is 1. The van der Waals surface area contributed by atoms with E-state index in [0.717, 1.165) is 37.5 Å². The predicted octanol–water partition coefficient (Wildman–Crippen LogP) is 4.34. The number of carbonyl (C=O) groups excluding carboxylic acids is 1. The number of Topliss-reactive ketones (excluding diaryl/α,β-unsaturated/α-hetero) is 1. The van der Waals surface area contributed by atoms with Crippen molar-refractivity contribution in [3.63, 3.8) is 0 Å². The van der Waals surface area contributed by atoms with Crippen molar-refractivity contribution in [1.29, 1.82) is 0 Å². The number of aromatic nitrogens is 2. The van der Waals surface area contributed by atoms with Crippen molar-refractivity contribution in [2.75, 3.05) is 0 Å². The third-order valence-electron chi connectivity index (χ3n) is 5.15. The van der Waals surface area contributed by atoms with Crippen LogP contribution in [0, 0.1) is 0 Å². The van der Waals surface area contributed by atoms with Crippen molar-refractivity contribution < 1.29 is 27.6 Å². The molecule has 0 unspecified atom stereocenters. The highest BCUT2D eigenvalue weighted by Crippen LogP contribution is 2.33. The number of ketones is 1. The Bertz CT molecular complexity index is 1000. The van der Waals surface area contributed by atoms with Crippen LogP contribution in [0.2, 0.25) is 0 Å². The summed E-state index contributed by atoms with van der Waals surface area (Å²) in [6, 6.07) is 8.82. The van der Waals surface area contributed by atoms with Crippen molar-refractivity contribution in [2.45, 2.75) is 44.3 Å². The van der Waals surface area contributed by atoms with E-state index in [1.165, 1.54) is 15.2 Å². The summed E-state index contributed by atoms with van der Waals surface area (Å²) in [5, 5.41) is 12.2. The Kier molecular flexibility index (Phi) is 3.89. The van der Waals surface area contributed by atoms with Gasteiger partial charge in [0.2, 0.25) is 0 Å². The summed E-state index contributed by atoms with van der Waals surface area (Å²) in [4.78, 5) is 12.0. The maximum absolute atomic E-state index is 13.1. The minimum absolute atomic E-state index is 0.126. The highest BCUT2D eigenvalue weighted by molar-refractivity contribution is 6.02. The number of pyridine rings is 1. The Labute approximate surface area is 147 Å². The first-order valence-electron chi connectivity index (χ1n) is 8.67. The maximum atomic E-state index is 13.1. The Balaban J connectivity index is 2.08. The molecule has 2 heterocycles. The van der Waals surface area contributed by atoms with Crippen LogP contribution in [0.1, 0.15) is 48.6 Å². The number of aromatic hydroxyl groups is 1. The van der Waals surface area contributed by atoms with Gasteiger partial charge in [0, 0.05) is 0 Å². The molecule has 0 atom stereocenters. The molecule has 4 rings (SSSR count). The summed E-state index contributed by atoms with van der Waals surface area (Å²) < 4.78 is 42.1. The molecule has 7 heteroatoms. The first-order chi connectivity index (χ1) is 12.4. The number of alkyl halides is 3. The zero-order chi connectivity index (χ0) is 18.5. The zero-order valence-electron chi connectivity index (χ0n) is 14.0. The van der Waals surface area contributed by atoms with E-state index in [9.17, 15) is 23.1 Å². The number of nitrogens with zero attached hydrogens (tertiary/aromatic N) is 2. The lowest BCUT2D eigenvalue weighted by atomic mass is 9.95. The van der Waals surface area contributed by atoms with Gasteiger partial charge in [0.25, 0.3) is 11.3 Å². The average Bonchev–Trinajstić information content (AvgIpc) is 2.93. The molecule has 136 valence electrons. The molecule has 1 N–H and O–H groups in total. The molecule has 1 saturated carbocycles. The minimum atomic E-state index is -5.05. The van der Waals surface area contributed by atoms with Gasteiger partial charge in [-0.2, -0.15) is 22.1 Å². The molecule has 0 bridgehead atoms. The van der Waals surface area contributed by atoms with Crippen molar-refractivity contribution >= 4 is 22.2 Å². The van der Waals surface area contributed by atoms with Crippen LogP contribution in [0.25, 0.3) is 16.4 Å². The molecule has 26 heavy (non-hydrogen) atoms. The summed E-state index contributed by atoms with van der Waals surface area (Å²) in [5.74, 6) is -2.63. The quantitative estimate of drug-likeness (QED) is 0.544. The molecular formula is C19H18F3N2O2+.